The molecule has 17 heavy (non-hydrogen) atoms. The first-order valence-corrected chi connectivity index (χ1v) is 5.67. The van der Waals surface area contributed by atoms with Crippen LogP contribution in [0.4, 0.5) is 0 Å². The predicted octanol–water partition coefficient (Wildman–Crippen LogP) is 4.10. The highest BCUT2D eigenvalue weighted by atomic mass is 35.5. The lowest BCUT2D eigenvalue weighted by Gasteiger charge is -2.00. The zero-order valence-corrected chi connectivity index (χ0v) is 10.3. The second-order valence-electron chi connectivity index (χ2n) is 3.40. The monoisotopic (exact) mass is 262 g/mol. The topological polar surface area (TPSA) is 20.2 Å². The summed E-state index contributed by atoms with van der Waals surface area (Å²) in [5.41, 5.74) is 1.29. The van der Waals surface area contributed by atoms with Crippen molar-refractivity contribution >= 4 is 23.2 Å². The molecule has 2 rings (SSSR count). The van der Waals surface area contributed by atoms with Crippen LogP contribution in [0, 0.1) is 11.8 Å². The smallest absolute Gasteiger partial charge is 0.149 e. The van der Waals surface area contributed by atoms with Gasteiger partial charge in [-0.3, -0.25) is 0 Å². The molecule has 0 bridgehead atoms. The lowest BCUT2D eigenvalue weighted by Crippen LogP contribution is -1.79. The summed E-state index contributed by atoms with van der Waals surface area (Å²) in [5.74, 6) is 5.73. The van der Waals surface area contributed by atoms with Crippen LogP contribution in [0.2, 0.25) is 10.0 Å². The Morgan fingerprint density at radius 3 is 2.35 bits per heavy atom. The van der Waals surface area contributed by atoms with Gasteiger partial charge in [-0.25, -0.2) is 0 Å². The molecule has 0 unspecified atom stereocenters. The van der Waals surface area contributed by atoms with E-state index in [1.54, 1.807) is 6.07 Å². The van der Waals surface area contributed by atoms with E-state index < -0.39 is 0 Å². The molecule has 1 N–H and O–H groups in total. The van der Waals surface area contributed by atoms with Crippen LogP contribution in [0.5, 0.6) is 5.75 Å². The highest BCUT2D eigenvalue weighted by molar-refractivity contribution is 6.35. The molecular weight excluding hydrogens is 255 g/mol. The fraction of sp³-hybridized carbons (Fsp3) is 0. The van der Waals surface area contributed by atoms with Crippen molar-refractivity contribution in [1.82, 2.24) is 0 Å². The van der Waals surface area contributed by atoms with E-state index in [0.29, 0.717) is 10.6 Å². The Hall–Kier alpha value is -1.62. The van der Waals surface area contributed by atoms with Crippen molar-refractivity contribution in [2.75, 3.05) is 0 Å². The summed E-state index contributed by atoms with van der Waals surface area (Å²) in [6.45, 7) is 0. The first-order valence-electron chi connectivity index (χ1n) is 4.92. The van der Waals surface area contributed by atoms with Crippen LogP contribution in [0.3, 0.4) is 0 Å². The van der Waals surface area contributed by atoms with E-state index in [4.69, 9.17) is 23.2 Å². The third-order valence-electron chi connectivity index (χ3n) is 2.14. The van der Waals surface area contributed by atoms with E-state index in [2.05, 4.69) is 11.8 Å². The second-order valence-corrected chi connectivity index (χ2v) is 4.24. The van der Waals surface area contributed by atoms with E-state index >= 15 is 0 Å². The minimum Gasteiger partial charge on any atom is -0.505 e. The largest absolute Gasteiger partial charge is 0.505 e. The molecule has 0 aromatic heterocycles. The van der Waals surface area contributed by atoms with Gasteiger partial charge in [0, 0.05) is 10.6 Å². The minimum absolute atomic E-state index is 0.0421. The first-order chi connectivity index (χ1) is 8.16. The summed E-state index contributed by atoms with van der Waals surface area (Å²) >= 11 is 11.6. The molecule has 2 aromatic carbocycles. The summed E-state index contributed by atoms with van der Waals surface area (Å²) in [5, 5.41) is 10.4. The number of hydrogen-bond donors (Lipinski definition) is 1. The molecule has 0 saturated carbocycles. The zero-order chi connectivity index (χ0) is 12.3. The van der Waals surface area contributed by atoms with E-state index in [1.165, 1.54) is 6.07 Å². The van der Waals surface area contributed by atoms with Crippen molar-refractivity contribution in [2.45, 2.75) is 0 Å². The van der Waals surface area contributed by atoms with Gasteiger partial charge in [-0.05, 0) is 24.3 Å². The van der Waals surface area contributed by atoms with Crippen LogP contribution >= 0.6 is 23.2 Å². The van der Waals surface area contributed by atoms with E-state index in [-0.39, 0.29) is 10.8 Å². The highest BCUT2D eigenvalue weighted by Crippen LogP contribution is 2.30. The summed E-state index contributed by atoms with van der Waals surface area (Å²) in [4.78, 5) is 0. The third kappa shape index (κ3) is 2.94. The average Bonchev–Trinajstić information content (AvgIpc) is 2.33. The van der Waals surface area contributed by atoms with Crippen LogP contribution in [0.1, 0.15) is 11.1 Å². The van der Waals surface area contributed by atoms with E-state index in [9.17, 15) is 5.11 Å². The first kappa shape index (κ1) is 11.9. The van der Waals surface area contributed by atoms with Gasteiger partial charge in [-0.15, -0.1) is 0 Å². The lowest BCUT2D eigenvalue weighted by molar-refractivity contribution is 0.474. The number of rotatable bonds is 0. The van der Waals surface area contributed by atoms with Crippen LogP contribution < -0.4 is 0 Å². The molecule has 0 fully saturated rings. The standard InChI is InChI=1S/C14H8Cl2O/c15-12-8-11(14(17)13(16)9-12)7-6-10-4-2-1-3-5-10/h1-5,8-9,17H. The number of phenolic OH excluding ortho intramolecular Hbond substituents is 1. The minimum atomic E-state index is -0.0421. The van der Waals surface area contributed by atoms with Gasteiger partial charge in [0.2, 0.25) is 0 Å². The molecule has 0 amide bonds. The van der Waals surface area contributed by atoms with Gasteiger partial charge < -0.3 is 5.11 Å². The average molecular weight is 263 g/mol. The van der Waals surface area contributed by atoms with Crippen molar-refractivity contribution in [3.8, 4) is 17.6 Å². The predicted molar refractivity (Wildman–Crippen MR) is 70.5 cm³/mol. The van der Waals surface area contributed by atoms with Gasteiger partial charge in [-0.1, -0.05) is 53.2 Å². The number of hydrogen-bond acceptors (Lipinski definition) is 1. The van der Waals surface area contributed by atoms with Crippen LogP contribution in [0.15, 0.2) is 42.5 Å². The molecule has 0 aliphatic rings. The lowest BCUT2D eigenvalue weighted by atomic mass is 10.1. The molecule has 0 radical (unpaired) electrons. The molecule has 0 heterocycles. The maximum atomic E-state index is 9.71. The number of aromatic hydroxyl groups is 1. The second kappa shape index (κ2) is 5.14. The van der Waals surface area contributed by atoms with Gasteiger partial charge in [-0.2, -0.15) is 0 Å². The highest BCUT2D eigenvalue weighted by Gasteiger charge is 2.05. The van der Waals surface area contributed by atoms with Crippen molar-refractivity contribution in [3.05, 3.63) is 63.6 Å². The fourth-order valence-electron chi connectivity index (χ4n) is 1.32. The Bertz CT molecular complexity index is 595. The molecule has 0 saturated heterocycles. The Labute approximate surface area is 110 Å². The molecule has 3 heteroatoms. The van der Waals surface area contributed by atoms with Gasteiger partial charge >= 0.3 is 0 Å². The van der Waals surface area contributed by atoms with Crippen molar-refractivity contribution in [1.29, 1.82) is 0 Å². The van der Waals surface area contributed by atoms with Crippen molar-refractivity contribution in [2.24, 2.45) is 0 Å². The Balaban J connectivity index is 2.41. The number of halogens is 2. The molecule has 0 spiro atoms. The maximum Gasteiger partial charge on any atom is 0.149 e. The third-order valence-corrected chi connectivity index (χ3v) is 2.65. The molecule has 84 valence electrons. The molecule has 0 aliphatic heterocycles. The molecule has 1 nitrogen and oxygen atoms in total. The summed E-state index contributed by atoms with van der Waals surface area (Å²) in [6, 6.07) is 12.5. The number of phenols is 1. The zero-order valence-electron chi connectivity index (χ0n) is 8.74. The molecular formula is C14H8Cl2O. The Morgan fingerprint density at radius 1 is 0.941 bits per heavy atom. The van der Waals surface area contributed by atoms with Gasteiger partial charge in [0.1, 0.15) is 5.75 Å². The molecule has 0 aliphatic carbocycles. The van der Waals surface area contributed by atoms with Gasteiger partial charge in [0.05, 0.1) is 10.6 Å². The van der Waals surface area contributed by atoms with Crippen LogP contribution in [0.25, 0.3) is 0 Å². The van der Waals surface area contributed by atoms with Crippen molar-refractivity contribution in [3.63, 3.8) is 0 Å². The van der Waals surface area contributed by atoms with Crippen molar-refractivity contribution < 1.29 is 5.11 Å². The Morgan fingerprint density at radius 2 is 1.65 bits per heavy atom. The van der Waals surface area contributed by atoms with E-state index in [0.717, 1.165) is 5.56 Å². The Kier molecular flexibility index (Phi) is 3.58. The summed E-state index contributed by atoms with van der Waals surface area (Å²) in [7, 11) is 0. The maximum absolute atomic E-state index is 9.71. The number of benzene rings is 2. The SMILES string of the molecule is Oc1c(Cl)cc(Cl)cc1C#Cc1ccccc1. The van der Waals surface area contributed by atoms with E-state index in [1.807, 2.05) is 30.3 Å². The van der Waals surface area contributed by atoms with Crippen LogP contribution in [-0.2, 0) is 0 Å². The van der Waals surface area contributed by atoms with Crippen LogP contribution in [-0.4, -0.2) is 5.11 Å². The summed E-state index contributed by atoms with van der Waals surface area (Å²) < 4.78 is 0. The molecule has 0 atom stereocenters. The molecule has 2 aromatic rings. The quantitative estimate of drug-likeness (QED) is 0.709. The van der Waals surface area contributed by atoms with Gasteiger partial charge in [0.15, 0.2) is 0 Å². The fourth-order valence-corrected chi connectivity index (χ4v) is 1.82. The normalized spacial score (nSPS) is 9.53. The van der Waals surface area contributed by atoms with Gasteiger partial charge in [0.25, 0.3) is 0 Å². The summed E-state index contributed by atoms with van der Waals surface area (Å²) in [6.07, 6.45) is 0.